The lowest BCUT2D eigenvalue weighted by atomic mass is 10.1. The van der Waals surface area contributed by atoms with Crippen molar-refractivity contribution < 1.29 is 0 Å². The van der Waals surface area contributed by atoms with Crippen LogP contribution in [0.1, 0.15) is 33.1 Å². The minimum atomic E-state index is 0.722. The van der Waals surface area contributed by atoms with Crippen LogP contribution in [0.15, 0.2) is 21.5 Å². The van der Waals surface area contributed by atoms with E-state index in [2.05, 4.69) is 19.3 Å². The Kier molecular flexibility index (Phi) is 2.56. The SMILES string of the molecule is CC(C)C1=C2CCCC2=CSS1. The molecular weight excluding hydrogens is 184 g/mol. The predicted octanol–water partition coefficient (Wildman–Crippen LogP) is 4.36. The molecule has 0 radical (unpaired) electrons. The van der Waals surface area contributed by atoms with Crippen LogP contribution in [0.2, 0.25) is 0 Å². The van der Waals surface area contributed by atoms with Crippen LogP contribution in [0.4, 0.5) is 0 Å². The van der Waals surface area contributed by atoms with Crippen molar-refractivity contribution in [1.82, 2.24) is 0 Å². The highest BCUT2D eigenvalue weighted by atomic mass is 33.1. The fraction of sp³-hybridized carbons (Fsp3) is 0.600. The van der Waals surface area contributed by atoms with Gasteiger partial charge in [-0.2, -0.15) is 0 Å². The van der Waals surface area contributed by atoms with E-state index in [-0.39, 0.29) is 0 Å². The molecule has 1 heterocycles. The molecule has 0 unspecified atom stereocenters. The van der Waals surface area contributed by atoms with Gasteiger partial charge in [0.1, 0.15) is 0 Å². The highest BCUT2D eigenvalue weighted by molar-refractivity contribution is 8.79. The Labute approximate surface area is 82.3 Å². The zero-order valence-electron chi connectivity index (χ0n) is 7.59. The van der Waals surface area contributed by atoms with Crippen molar-refractivity contribution >= 4 is 21.6 Å². The molecule has 1 aliphatic heterocycles. The molecule has 0 atom stereocenters. The smallest absolute Gasteiger partial charge is 0.00217 e. The van der Waals surface area contributed by atoms with E-state index in [1.165, 1.54) is 19.3 Å². The number of hydrogen-bond donors (Lipinski definition) is 0. The van der Waals surface area contributed by atoms with Crippen LogP contribution in [-0.2, 0) is 0 Å². The standard InChI is InChI=1S/C10H14S2/c1-7(2)10-9-5-3-4-8(9)6-11-12-10/h6-7H,3-5H2,1-2H3. The maximum Gasteiger partial charge on any atom is 0.00217 e. The van der Waals surface area contributed by atoms with Crippen LogP contribution in [0.25, 0.3) is 0 Å². The average molecular weight is 198 g/mol. The largest absolute Gasteiger partial charge is 0.0606 e. The summed E-state index contributed by atoms with van der Waals surface area (Å²) in [6.45, 7) is 4.61. The Balaban J connectivity index is 2.34. The summed E-state index contributed by atoms with van der Waals surface area (Å²) in [6, 6.07) is 0. The molecule has 1 aliphatic carbocycles. The predicted molar refractivity (Wildman–Crippen MR) is 59.0 cm³/mol. The Bertz CT molecular complexity index is 249. The van der Waals surface area contributed by atoms with Crippen LogP contribution in [0.5, 0.6) is 0 Å². The summed E-state index contributed by atoms with van der Waals surface area (Å²) in [5.74, 6) is 0.722. The lowest BCUT2D eigenvalue weighted by Gasteiger charge is -2.18. The molecule has 0 spiro atoms. The third-order valence-electron chi connectivity index (χ3n) is 2.41. The van der Waals surface area contributed by atoms with Gasteiger partial charge in [0.2, 0.25) is 0 Å². The first-order valence-electron chi connectivity index (χ1n) is 4.55. The average Bonchev–Trinajstić information content (AvgIpc) is 2.49. The van der Waals surface area contributed by atoms with E-state index in [1.54, 1.807) is 16.1 Å². The van der Waals surface area contributed by atoms with Crippen molar-refractivity contribution in [3.05, 3.63) is 21.5 Å². The second-order valence-corrected chi connectivity index (χ2v) is 5.79. The second kappa shape index (κ2) is 3.51. The molecule has 66 valence electrons. The summed E-state index contributed by atoms with van der Waals surface area (Å²) in [7, 11) is 3.87. The Hall–Kier alpha value is 0.180. The number of fused-ring (bicyclic) bond motifs is 1. The van der Waals surface area contributed by atoms with Gasteiger partial charge in [-0.15, -0.1) is 0 Å². The third-order valence-corrected chi connectivity index (χ3v) is 4.90. The summed E-state index contributed by atoms with van der Waals surface area (Å²) in [4.78, 5) is 1.63. The van der Waals surface area contributed by atoms with Crippen LogP contribution in [0, 0.1) is 5.92 Å². The van der Waals surface area contributed by atoms with Crippen LogP contribution in [-0.4, -0.2) is 0 Å². The minimum Gasteiger partial charge on any atom is -0.0606 e. The highest BCUT2D eigenvalue weighted by Gasteiger charge is 2.22. The van der Waals surface area contributed by atoms with E-state index in [9.17, 15) is 0 Å². The monoisotopic (exact) mass is 198 g/mol. The first kappa shape index (κ1) is 8.76. The summed E-state index contributed by atoms with van der Waals surface area (Å²) < 4.78 is 0. The summed E-state index contributed by atoms with van der Waals surface area (Å²) in [6.07, 6.45) is 4.02. The van der Waals surface area contributed by atoms with E-state index in [1.807, 2.05) is 21.6 Å². The van der Waals surface area contributed by atoms with Gasteiger partial charge in [0.25, 0.3) is 0 Å². The molecule has 0 aromatic carbocycles. The molecule has 2 heteroatoms. The van der Waals surface area contributed by atoms with Gasteiger partial charge in [0.05, 0.1) is 0 Å². The Morgan fingerprint density at radius 3 is 2.92 bits per heavy atom. The lowest BCUT2D eigenvalue weighted by Crippen LogP contribution is -1.96. The van der Waals surface area contributed by atoms with Gasteiger partial charge in [-0.3, -0.25) is 0 Å². The topological polar surface area (TPSA) is 0 Å². The lowest BCUT2D eigenvalue weighted by molar-refractivity contribution is 0.803. The first-order chi connectivity index (χ1) is 5.79. The van der Waals surface area contributed by atoms with Crippen molar-refractivity contribution in [2.75, 3.05) is 0 Å². The van der Waals surface area contributed by atoms with Crippen molar-refractivity contribution in [1.29, 1.82) is 0 Å². The third kappa shape index (κ3) is 1.47. The molecule has 0 amide bonds. The van der Waals surface area contributed by atoms with Crippen molar-refractivity contribution in [3.8, 4) is 0 Å². The van der Waals surface area contributed by atoms with Gasteiger partial charge in [-0.1, -0.05) is 35.4 Å². The molecule has 1 saturated carbocycles. The zero-order chi connectivity index (χ0) is 8.55. The first-order valence-corrected chi connectivity index (χ1v) is 6.76. The molecule has 0 N–H and O–H groups in total. The van der Waals surface area contributed by atoms with Gasteiger partial charge < -0.3 is 0 Å². The van der Waals surface area contributed by atoms with Crippen LogP contribution in [0.3, 0.4) is 0 Å². The van der Waals surface area contributed by atoms with Gasteiger partial charge in [0, 0.05) is 4.91 Å². The molecule has 0 aromatic rings. The molecule has 2 aliphatic rings. The number of hydrogen-bond acceptors (Lipinski definition) is 2. The fourth-order valence-electron chi connectivity index (χ4n) is 1.81. The van der Waals surface area contributed by atoms with E-state index >= 15 is 0 Å². The molecular formula is C10H14S2. The summed E-state index contributed by atoms with van der Waals surface area (Å²) in [5.41, 5.74) is 3.30. The second-order valence-electron chi connectivity index (χ2n) is 3.67. The molecule has 0 nitrogen and oxygen atoms in total. The highest BCUT2D eigenvalue weighted by Crippen LogP contribution is 2.49. The van der Waals surface area contributed by atoms with E-state index in [0.717, 1.165) is 5.92 Å². The Morgan fingerprint density at radius 1 is 1.33 bits per heavy atom. The number of allylic oxidation sites excluding steroid dienone is 3. The number of rotatable bonds is 1. The normalized spacial score (nSPS) is 23.1. The maximum atomic E-state index is 2.35. The molecule has 0 aromatic heterocycles. The molecule has 12 heavy (non-hydrogen) atoms. The Morgan fingerprint density at radius 2 is 2.17 bits per heavy atom. The van der Waals surface area contributed by atoms with Crippen molar-refractivity contribution in [3.63, 3.8) is 0 Å². The van der Waals surface area contributed by atoms with E-state index in [4.69, 9.17) is 0 Å². The quantitative estimate of drug-likeness (QED) is 0.574. The van der Waals surface area contributed by atoms with Gasteiger partial charge in [-0.05, 0) is 41.7 Å². The molecule has 0 saturated heterocycles. The van der Waals surface area contributed by atoms with Crippen molar-refractivity contribution in [2.24, 2.45) is 5.92 Å². The fourth-order valence-corrected chi connectivity index (χ4v) is 4.54. The van der Waals surface area contributed by atoms with Gasteiger partial charge in [0.15, 0.2) is 0 Å². The molecule has 1 fully saturated rings. The van der Waals surface area contributed by atoms with Gasteiger partial charge in [-0.25, -0.2) is 0 Å². The molecule has 0 bridgehead atoms. The van der Waals surface area contributed by atoms with Crippen molar-refractivity contribution in [2.45, 2.75) is 33.1 Å². The van der Waals surface area contributed by atoms with Crippen LogP contribution < -0.4 is 0 Å². The minimum absolute atomic E-state index is 0.722. The van der Waals surface area contributed by atoms with E-state index < -0.39 is 0 Å². The summed E-state index contributed by atoms with van der Waals surface area (Å²) >= 11 is 0. The van der Waals surface area contributed by atoms with Crippen LogP contribution >= 0.6 is 21.6 Å². The van der Waals surface area contributed by atoms with Gasteiger partial charge >= 0.3 is 0 Å². The molecule has 2 rings (SSSR count). The summed E-state index contributed by atoms with van der Waals surface area (Å²) in [5, 5.41) is 2.35. The zero-order valence-corrected chi connectivity index (χ0v) is 9.23. The maximum absolute atomic E-state index is 2.35. The van der Waals surface area contributed by atoms with E-state index in [0.29, 0.717) is 0 Å².